The Kier molecular flexibility index (Phi) is 7.41. The molecule has 0 aliphatic heterocycles. The summed E-state index contributed by atoms with van der Waals surface area (Å²) < 4.78 is 16.3. The van der Waals surface area contributed by atoms with Gasteiger partial charge in [-0.25, -0.2) is 0 Å². The Bertz CT molecular complexity index is 393. The molecule has 1 aromatic rings. The average Bonchev–Trinajstić information content (AvgIpc) is 2.39. The molecule has 0 saturated carbocycles. The first-order valence-corrected chi connectivity index (χ1v) is 7.10. The summed E-state index contributed by atoms with van der Waals surface area (Å²) in [5.74, 6) is 2.16. The number of ether oxygens (including phenoxy) is 3. The van der Waals surface area contributed by atoms with Crippen LogP contribution in [0.2, 0.25) is 0 Å². The van der Waals surface area contributed by atoms with Crippen molar-refractivity contribution in [1.82, 2.24) is 5.32 Å². The molecular formula is C16H27NO3. The highest BCUT2D eigenvalue weighted by Gasteiger charge is 2.10. The van der Waals surface area contributed by atoms with E-state index in [9.17, 15) is 0 Å². The van der Waals surface area contributed by atoms with Crippen molar-refractivity contribution >= 4 is 0 Å². The van der Waals surface area contributed by atoms with Crippen molar-refractivity contribution in [3.63, 3.8) is 0 Å². The van der Waals surface area contributed by atoms with Gasteiger partial charge in [-0.2, -0.15) is 0 Å². The average molecular weight is 281 g/mol. The van der Waals surface area contributed by atoms with E-state index in [1.807, 2.05) is 19.1 Å². The molecule has 0 spiro atoms. The van der Waals surface area contributed by atoms with E-state index in [2.05, 4.69) is 25.2 Å². The second-order valence-corrected chi connectivity index (χ2v) is 5.39. The van der Waals surface area contributed by atoms with Crippen LogP contribution < -0.4 is 14.8 Å². The van der Waals surface area contributed by atoms with E-state index in [1.54, 1.807) is 14.2 Å². The van der Waals surface area contributed by atoms with Crippen LogP contribution in [-0.2, 0) is 11.3 Å². The molecule has 20 heavy (non-hydrogen) atoms. The molecule has 4 nitrogen and oxygen atoms in total. The van der Waals surface area contributed by atoms with Gasteiger partial charge in [-0.15, -0.1) is 0 Å². The fraction of sp³-hybridized carbons (Fsp3) is 0.625. The lowest BCUT2D eigenvalue weighted by atomic mass is 10.1. The molecule has 0 aromatic heterocycles. The Morgan fingerprint density at radius 2 is 1.85 bits per heavy atom. The van der Waals surface area contributed by atoms with Crippen molar-refractivity contribution in [3.8, 4) is 11.5 Å². The van der Waals surface area contributed by atoms with Crippen LogP contribution in [0.1, 0.15) is 26.3 Å². The highest BCUT2D eigenvalue weighted by atomic mass is 16.5. The SMILES string of the molecule is COCC(C)Oc1cc(CNCC(C)C)ccc1OC. The van der Waals surface area contributed by atoms with E-state index < -0.39 is 0 Å². The number of hydrogen-bond acceptors (Lipinski definition) is 4. The van der Waals surface area contributed by atoms with Crippen molar-refractivity contribution in [3.05, 3.63) is 23.8 Å². The first kappa shape index (κ1) is 16.8. The molecule has 0 aliphatic rings. The maximum atomic E-state index is 5.87. The molecule has 0 aliphatic carbocycles. The van der Waals surface area contributed by atoms with Gasteiger partial charge in [0.2, 0.25) is 0 Å². The minimum Gasteiger partial charge on any atom is -0.493 e. The van der Waals surface area contributed by atoms with Gasteiger partial charge in [-0.3, -0.25) is 0 Å². The molecule has 1 rings (SSSR count). The Morgan fingerprint density at radius 3 is 2.45 bits per heavy atom. The number of benzene rings is 1. The molecule has 0 fully saturated rings. The summed E-state index contributed by atoms with van der Waals surface area (Å²) in [6, 6.07) is 6.03. The van der Waals surface area contributed by atoms with E-state index in [-0.39, 0.29) is 6.10 Å². The Morgan fingerprint density at radius 1 is 1.10 bits per heavy atom. The minimum absolute atomic E-state index is 0.00669. The summed E-state index contributed by atoms with van der Waals surface area (Å²) in [4.78, 5) is 0. The van der Waals surface area contributed by atoms with Crippen molar-refractivity contribution in [1.29, 1.82) is 0 Å². The molecule has 0 radical (unpaired) electrons. The van der Waals surface area contributed by atoms with Gasteiger partial charge in [0.15, 0.2) is 11.5 Å². The molecule has 4 heteroatoms. The van der Waals surface area contributed by atoms with Crippen LogP contribution in [0.4, 0.5) is 0 Å². The van der Waals surface area contributed by atoms with Gasteiger partial charge in [-0.05, 0) is 37.1 Å². The zero-order valence-electron chi connectivity index (χ0n) is 13.2. The minimum atomic E-state index is -0.00669. The maximum Gasteiger partial charge on any atom is 0.162 e. The van der Waals surface area contributed by atoms with Crippen LogP contribution in [0.15, 0.2) is 18.2 Å². The number of hydrogen-bond donors (Lipinski definition) is 1. The lowest BCUT2D eigenvalue weighted by Crippen LogP contribution is -2.20. The summed E-state index contributed by atoms with van der Waals surface area (Å²) in [5, 5.41) is 3.42. The second kappa shape index (κ2) is 8.82. The van der Waals surface area contributed by atoms with E-state index >= 15 is 0 Å². The summed E-state index contributed by atoms with van der Waals surface area (Å²) >= 11 is 0. The number of methoxy groups -OCH3 is 2. The topological polar surface area (TPSA) is 39.7 Å². The van der Waals surface area contributed by atoms with Crippen LogP contribution >= 0.6 is 0 Å². The quantitative estimate of drug-likeness (QED) is 0.755. The van der Waals surface area contributed by atoms with Crippen molar-refractivity contribution in [2.24, 2.45) is 5.92 Å². The van der Waals surface area contributed by atoms with Crippen LogP contribution in [0, 0.1) is 5.92 Å². The first-order valence-electron chi connectivity index (χ1n) is 7.10. The number of rotatable bonds is 9. The molecular weight excluding hydrogens is 254 g/mol. The zero-order chi connectivity index (χ0) is 15.0. The molecule has 1 aromatic carbocycles. The van der Waals surface area contributed by atoms with E-state index in [4.69, 9.17) is 14.2 Å². The molecule has 0 bridgehead atoms. The van der Waals surface area contributed by atoms with Crippen molar-refractivity contribution in [2.45, 2.75) is 33.4 Å². The molecule has 0 saturated heterocycles. The predicted molar refractivity (Wildman–Crippen MR) is 81.5 cm³/mol. The summed E-state index contributed by atoms with van der Waals surface area (Å²) in [5.41, 5.74) is 1.19. The standard InChI is InChI=1S/C16H27NO3/c1-12(2)9-17-10-14-6-7-15(19-5)16(8-14)20-13(3)11-18-4/h6-8,12-13,17H,9-11H2,1-5H3. The fourth-order valence-corrected chi connectivity index (χ4v) is 1.91. The third-order valence-electron chi connectivity index (χ3n) is 2.84. The number of nitrogens with one attached hydrogen (secondary N) is 1. The summed E-state index contributed by atoms with van der Waals surface area (Å²) in [6.45, 7) is 8.76. The summed E-state index contributed by atoms with van der Waals surface area (Å²) in [7, 11) is 3.32. The molecule has 1 atom stereocenters. The lowest BCUT2D eigenvalue weighted by molar-refractivity contribution is 0.0899. The first-order chi connectivity index (χ1) is 9.56. The van der Waals surface area contributed by atoms with Crippen molar-refractivity contribution in [2.75, 3.05) is 27.4 Å². The molecule has 1 unspecified atom stereocenters. The molecule has 0 heterocycles. The predicted octanol–water partition coefficient (Wildman–Crippen LogP) is 2.85. The third kappa shape index (κ3) is 5.80. The normalized spacial score (nSPS) is 12.5. The molecule has 0 amide bonds. The highest BCUT2D eigenvalue weighted by molar-refractivity contribution is 5.43. The largest absolute Gasteiger partial charge is 0.493 e. The third-order valence-corrected chi connectivity index (χ3v) is 2.84. The lowest BCUT2D eigenvalue weighted by Gasteiger charge is -2.17. The van der Waals surface area contributed by atoms with E-state index in [0.29, 0.717) is 12.5 Å². The van der Waals surface area contributed by atoms with Gasteiger partial charge < -0.3 is 19.5 Å². The molecule has 1 N–H and O–H groups in total. The zero-order valence-corrected chi connectivity index (χ0v) is 13.2. The van der Waals surface area contributed by atoms with Gasteiger partial charge in [-0.1, -0.05) is 19.9 Å². The maximum absolute atomic E-state index is 5.87. The van der Waals surface area contributed by atoms with Crippen LogP contribution in [-0.4, -0.2) is 33.5 Å². The highest BCUT2D eigenvalue weighted by Crippen LogP contribution is 2.29. The Hall–Kier alpha value is -1.26. The van der Waals surface area contributed by atoms with Gasteiger partial charge in [0.05, 0.1) is 13.7 Å². The smallest absolute Gasteiger partial charge is 0.162 e. The fourth-order valence-electron chi connectivity index (χ4n) is 1.91. The Balaban J connectivity index is 2.69. The van der Waals surface area contributed by atoms with Crippen LogP contribution in [0.3, 0.4) is 0 Å². The van der Waals surface area contributed by atoms with Crippen LogP contribution in [0.25, 0.3) is 0 Å². The van der Waals surface area contributed by atoms with Crippen LogP contribution in [0.5, 0.6) is 11.5 Å². The van der Waals surface area contributed by atoms with Gasteiger partial charge >= 0.3 is 0 Å². The van der Waals surface area contributed by atoms with Gasteiger partial charge in [0.1, 0.15) is 6.10 Å². The van der Waals surface area contributed by atoms with E-state index in [0.717, 1.165) is 24.6 Å². The van der Waals surface area contributed by atoms with Crippen molar-refractivity contribution < 1.29 is 14.2 Å². The summed E-state index contributed by atoms with van der Waals surface area (Å²) in [6.07, 6.45) is -0.00669. The monoisotopic (exact) mass is 281 g/mol. The van der Waals surface area contributed by atoms with Gasteiger partial charge in [0.25, 0.3) is 0 Å². The van der Waals surface area contributed by atoms with Gasteiger partial charge in [0, 0.05) is 13.7 Å². The second-order valence-electron chi connectivity index (χ2n) is 5.39. The van der Waals surface area contributed by atoms with E-state index in [1.165, 1.54) is 5.56 Å². The Labute approximate surface area is 122 Å². The molecule has 114 valence electrons.